The molecule has 2 saturated heterocycles. The molecule has 2 aromatic rings. The molecule has 8 nitrogen and oxygen atoms in total. The highest BCUT2D eigenvalue weighted by Gasteiger charge is 2.26. The van der Waals surface area contributed by atoms with E-state index in [9.17, 15) is 0 Å². The second-order valence-corrected chi connectivity index (χ2v) is 7.57. The predicted octanol–water partition coefficient (Wildman–Crippen LogP) is 2.33. The van der Waals surface area contributed by atoms with E-state index < -0.39 is 0 Å². The Morgan fingerprint density at radius 1 is 1.23 bits per heavy atom. The molecule has 0 radical (unpaired) electrons. The molecule has 0 spiro atoms. The van der Waals surface area contributed by atoms with Crippen molar-refractivity contribution in [2.24, 2.45) is 0 Å². The molecule has 4 heterocycles. The Balaban J connectivity index is 0.00000196. The summed E-state index contributed by atoms with van der Waals surface area (Å²) in [5.41, 5.74) is 0. The van der Waals surface area contributed by atoms with Gasteiger partial charge in [0.2, 0.25) is 5.89 Å². The summed E-state index contributed by atoms with van der Waals surface area (Å²) in [6.07, 6.45) is 4.73. The Morgan fingerprint density at radius 3 is 2.77 bits per heavy atom. The van der Waals surface area contributed by atoms with Crippen molar-refractivity contribution in [3.8, 4) is 0 Å². The minimum Gasteiger partial charge on any atom is -0.376 e. The molecular weight excluding hydrogens is 376 g/mol. The fraction of sp³-hybridized carbons (Fsp3) is 0.750. The van der Waals surface area contributed by atoms with Crippen LogP contribution >= 0.6 is 24.2 Å². The van der Waals surface area contributed by atoms with Gasteiger partial charge in [-0.3, -0.25) is 0 Å². The van der Waals surface area contributed by atoms with Crippen LogP contribution in [0.2, 0.25) is 0 Å². The standard InChI is InChI=1S/C16H24N6O2S.ClH/c1-11-18-14(21-24-11)10-25-16-20-19-15(12-4-6-17-7-5-12)22(16)9-13-3-2-8-23-13;/h12-13,17H,2-10H2,1H3;1H. The van der Waals surface area contributed by atoms with Gasteiger partial charge >= 0.3 is 0 Å². The fourth-order valence-electron chi connectivity index (χ4n) is 3.48. The highest BCUT2D eigenvalue weighted by molar-refractivity contribution is 7.98. The van der Waals surface area contributed by atoms with Crippen LogP contribution in [-0.2, 0) is 17.0 Å². The summed E-state index contributed by atoms with van der Waals surface area (Å²) in [5, 5.41) is 17.3. The van der Waals surface area contributed by atoms with E-state index in [2.05, 4.69) is 30.2 Å². The van der Waals surface area contributed by atoms with Crippen molar-refractivity contribution >= 4 is 24.2 Å². The summed E-state index contributed by atoms with van der Waals surface area (Å²) in [4.78, 5) is 4.27. The number of piperidine rings is 1. The van der Waals surface area contributed by atoms with E-state index >= 15 is 0 Å². The van der Waals surface area contributed by atoms with E-state index in [-0.39, 0.29) is 18.5 Å². The third-order valence-corrected chi connectivity index (χ3v) is 5.72. The van der Waals surface area contributed by atoms with E-state index in [4.69, 9.17) is 9.26 Å². The number of thioether (sulfide) groups is 1. The molecule has 0 amide bonds. The number of rotatable bonds is 6. The molecule has 2 aromatic heterocycles. The molecule has 0 bridgehead atoms. The van der Waals surface area contributed by atoms with Crippen LogP contribution in [0, 0.1) is 6.92 Å². The summed E-state index contributed by atoms with van der Waals surface area (Å²) in [6, 6.07) is 0. The Bertz CT molecular complexity index is 697. The molecule has 0 saturated carbocycles. The van der Waals surface area contributed by atoms with Crippen LogP contribution < -0.4 is 5.32 Å². The number of halogens is 1. The first-order valence-electron chi connectivity index (χ1n) is 8.97. The Hall–Kier alpha value is -1.16. The number of hydrogen-bond acceptors (Lipinski definition) is 8. The lowest BCUT2D eigenvalue weighted by molar-refractivity contribution is 0.0936. The molecule has 2 aliphatic heterocycles. The maximum absolute atomic E-state index is 5.85. The van der Waals surface area contributed by atoms with Gasteiger partial charge in [0.05, 0.1) is 18.4 Å². The Labute approximate surface area is 163 Å². The summed E-state index contributed by atoms with van der Waals surface area (Å²) >= 11 is 1.61. The summed E-state index contributed by atoms with van der Waals surface area (Å²) in [7, 11) is 0. The maximum Gasteiger partial charge on any atom is 0.223 e. The van der Waals surface area contributed by atoms with Crippen molar-refractivity contribution in [2.45, 2.75) is 62.1 Å². The number of hydrogen-bond donors (Lipinski definition) is 1. The van der Waals surface area contributed by atoms with Crippen molar-refractivity contribution < 1.29 is 9.26 Å². The minimum absolute atomic E-state index is 0. The lowest BCUT2D eigenvalue weighted by Gasteiger charge is -2.23. The molecule has 26 heavy (non-hydrogen) atoms. The first kappa shape index (κ1) is 19.6. The van der Waals surface area contributed by atoms with E-state index in [0.717, 1.165) is 62.9 Å². The highest BCUT2D eigenvalue weighted by Crippen LogP contribution is 2.30. The second-order valence-electron chi connectivity index (χ2n) is 6.63. The molecule has 10 heteroatoms. The molecule has 144 valence electrons. The zero-order valence-electron chi connectivity index (χ0n) is 14.9. The maximum atomic E-state index is 5.85. The van der Waals surface area contributed by atoms with Crippen LogP contribution in [-0.4, -0.2) is 50.7 Å². The summed E-state index contributed by atoms with van der Waals surface area (Å²) < 4.78 is 13.2. The molecule has 4 rings (SSSR count). The van der Waals surface area contributed by atoms with E-state index in [1.54, 1.807) is 18.7 Å². The quantitative estimate of drug-likeness (QED) is 0.739. The van der Waals surface area contributed by atoms with Gasteiger partial charge in [0.1, 0.15) is 5.82 Å². The van der Waals surface area contributed by atoms with Crippen LogP contribution in [0.15, 0.2) is 9.68 Å². The monoisotopic (exact) mass is 400 g/mol. The van der Waals surface area contributed by atoms with Gasteiger partial charge in [-0.05, 0) is 38.8 Å². The van der Waals surface area contributed by atoms with Gasteiger partial charge in [-0.15, -0.1) is 22.6 Å². The molecule has 0 aromatic carbocycles. The number of aromatic nitrogens is 5. The highest BCUT2D eigenvalue weighted by atomic mass is 35.5. The number of aryl methyl sites for hydroxylation is 1. The van der Waals surface area contributed by atoms with Crippen molar-refractivity contribution in [2.75, 3.05) is 19.7 Å². The van der Waals surface area contributed by atoms with Crippen LogP contribution in [0.4, 0.5) is 0 Å². The third-order valence-electron chi connectivity index (χ3n) is 4.76. The van der Waals surface area contributed by atoms with Gasteiger partial charge in [-0.25, -0.2) is 0 Å². The van der Waals surface area contributed by atoms with Crippen molar-refractivity contribution in [3.63, 3.8) is 0 Å². The Morgan fingerprint density at radius 2 is 2.08 bits per heavy atom. The summed E-state index contributed by atoms with van der Waals surface area (Å²) in [6.45, 7) is 5.58. The van der Waals surface area contributed by atoms with Gasteiger partial charge in [0, 0.05) is 19.4 Å². The molecule has 0 aliphatic carbocycles. The SMILES string of the molecule is Cc1nc(CSc2nnc(C3CCNCC3)n2CC2CCCO2)no1.Cl. The minimum atomic E-state index is 0. The average Bonchev–Trinajstić information content (AvgIpc) is 3.36. The first-order valence-corrected chi connectivity index (χ1v) is 9.95. The van der Waals surface area contributed by atoms with Gasteiger partial charge in [0.15, 0.2) is 11.0 Å². The van der Waals surface area contributed by atoms with E-state index in [1.807, 2.05) is 0 Å². The van der Waals surface area contributed by atoms with Crippen LogP contribution in [0.3, 0.4) is 0 Å². The molecule has 1 atom stereocenters. The topological polar surface area (TPSA) is 90.9 Å². The van der Waals surface area contributed by atoms with Gasteiger partial charge in [0.25, 0.3) is 0 Å². The normalized spacial score (nSPS) is 21.0. The average molecular weight is 401 g/mol. The first-order chi connectivity index (χ1) is 12.3. The fourth-order valence-corrected chi connectivity index (χ4v) is 4.28. The van der Waals surface area contributed by atoms with Crippen LogP contribution in [0.25, 0.3) is 0 Å². The lowest BCUT2D eigenvalue weighted by atomic mass is 9.97. The molecule has 1 N–H and O–H groups in total. The van der Waals surface area contributed by atoms with Crippen molar-refractivity contribution in [1.82, 2.24) is 30.2 Å². The second kappa shape index (κ2) is 9.16. The third kappa shape index (κ3) is 4.57. The smallest absolute Gasteiger partial charge is 0.223 e. The number of ether oxygens (including phenoxy) is 1. The Kier molecular flexibility index (Phi) is 6.91. The number of nitrogens with zero attached hydrogens (tertiary/aromatic N) is 5. The summed E-state index contributed by atoms with van der Waals surface area (Å²) in [5.74, 6) is 3.48. The molecule has 2 aliphatic rings. The number of nitrogens with one attached hydrogen (secondary N) is 1. The van der Waals surface area contributed by atoms with Crippen LogP contribution in [0.1, 0.15) is 49.1 Å². The lowest BCUT2D eigenvalue weighted by Crippen LogP contribution is -2.29. The van der Waals surface area contributed by atoms with Crippen LogP contribution in [0.5, 0.6) is 0 Å². The molecule has 1 unspecified atom stereocenters. The van der Waals surface area contributed by atoms with Gasteiger partial charge in [-0.2, -0.15) is 4.98 Å². The van der Waals surface area contributed by atoms with Gasteiger partial charge < -0.3 is 19.1 Å². The largest absolute Gasteiger partial charge is 0.376 e. The van der Waals surface area contributed by atoms with E-state index in [1.165, 1.54) is 0 Å². The zero-order valence-corrected chi connectivity index (χ0v) is 16.5. The van der Waals surface area contributed by atoms with Crippen molar-refractivity contribution in [3.05, 3.63) is 17.5 Å². The zero-order chi connectivity index (χ0) is 17.1. The van der Waals surface area contributed by atoms with Crippen molar-refractivity contribution in [1.29, 1.82) is 0 Å². The predicted molar refractivity (Wildman–Crippen MR) is 99.7 cm³/mol. The molecular formula is C16H25ClN6O2S. The van der Waals surface area contributed by atoms with Gasteiger partial charge in [-0.1, -0.05) is 16.9 Å². The van der Waals surface area contributed by atoms with E-state index in [0.29, 0.717) is 23.4 Å². The molecule has 2 fully saturated rings.